The number of likely N-dealkylation sites (N-methyl/N-ethyl adjacent to an activating group) is 1. The Kier molecular flexibility index (Phi) is 9.51. The molecule has 0 amide bonds. The van der Waals surface area contributed by atoms with E-state index in [-0.39, 0.29) is 11.3 Å². The SMILES string of the molecule is CCN(CC)CCN1c2cc(Cl)ccc2S[C@H]2[C@@H](O)[C@H](O)[C@@H](CNC(c3ccccc3)c3ccccc3)O[C@H]21. The van der Waals surface area contributed by atoms with E-state index < -0.39 is 24.5 Å². The predicted molar refractivity (Wildman–Crippen MR) is 160 cm³/mol. The van der Waals surface area contributed by atoms with E-state index in [0.717, 1.165) is 47.9 Å². The lowest BCUT2D eigenvalue weighted by Crippen LogP contribution is -2.65. The van der Waals surface area contributed by atoms with Crippen LogP contribution in [0.5, 0.6) is 0 Å². The molecule has 8 heteroatoms. The minimum atomic E-state index is -1.02. The van der Waals surface area contributed by atoms with E-state index in [1.807, 2.05) is 54.6 Å². The van der Waals surface area contributed by atoms with Crippen LogP contribution < -0.4 is 10.2 Å². The average molecular weight is 568 g/mol. The Labute approximate surface area is 240 Å². The fourth-order valence-corrected chi connectivity index (χ4v) is 7.09. The lowest BCUT2D eigenvalue weighted by molar-refractivity contribution is -0.163. The van der Waals surface area contributed by atoms with Gasteiger partial charge in [-0.1, -0.05) is 86.1 Å². The second-order valence-electron chi connectivity index (χ2n) is 10.1. The molecule has 0 unspecified atom stereocenters. The Bertz CT molecular complexity index is 1160. The summed E-state index contributed by atoms with van der Waals surface area (Å²) in [5.41, 5.74) is 3.28. The molecule has 0 spiro atoms. The van der Waals surface area contributed by atoms with Gasteiger partial charge in [-0.2, -0.15) is 0 Å². The van der Waals surface area contributed by atoms with E-state index in [2.05, 4.69) is 53.2 Å². The summed E-state index contributed by atoms with van der Waals surface area (Å²) in [7, 11) is 0. The van der Waals surface area contributed by atoms with Gasteiger partial charge in [0, 0.05) is 29.6 Å². The molecule has 5 atom stereocenters. The van der Waals surface area contributed by atoms with Crippen molar-refractivity contribution in [1.29, 1.82) is 0 Å². The van der Waals surface area contributed by atoms with Crippen molar-refractivity contribution in [2.75, 3.05) is 37.6 Å². The quantitative estimate of drug-likeness (QED) is 0.325. The number of nitrogens with zero attached hydrogens (tertiary/aromatic N) is 2. The van der Waals surface area contributed by atoms with E-state index in [1.165, 1.54) is 0 Å². The predicted octanol–water partition coefficient (Wildman–Crippen LogP) is 4.79. The molecule has 6 nitrogen and oxygen atoms in total. The Morgan fingerprint density at radius 3 is 2.21 bits per heavy atom. The average Bonchev–Trinajstić information content (AvgIpc) is 2.97. The molecule has 3 aromatic carbocycles. The second-order valence-corrected chi connectivity index (χ2v) is 11.8. The molecule has 0 aliphatic carbocycles. The van der Waals surface area contributed by atoms with Gasteiger partial charge in [0.25, 0.3) is 0 Å². The van der Waals surface area contributed by atoms with Gasteiger partial charge in [0.05, 0.1) is 23.1 Å². The third-order valence-electron chi connectivity index (χ3n) is 7.80. The molecule has 39 heavy (non-hydrogen) atoms. The Morgan fingerprint density at radius 1 is 0.949 bits per heavy atom. The van der Waals surface area contributed by atoms with Gasteiger partial charge >= 0.3 is 0 Å². The van der Waals surface area contributed by atoms with Crippen LogP contribution in [0, 0.1) is 0 Å². The maximum Gasteiger partial charge on any atom is 0.145 e. The standard InChI is InChI=1S/C31H38ClN3O3S/c1-3-34(4-2)17-18-35-24-19-23(32)15-16-26(24)39-30-29(37)28(36)25(38-31(30)35)20-33-27(21-11-7-5-8-12-21)22-13-9-6-10-14-22/h5-16,19,25,27-31,33,36-37H,3-4,17-18,20H2,1-2H3/t25-,28-,29+,30+,31-/m1/s1. The molecular weight excluding hydrogens is 530 g/mol. The van der Waals surface area contributed by atoms with E-state index >= 15 is 0 Å². The first-order valence-corrected chi connectivity index (χ1v) is 15.1. The zero-order valence-corrected chi connectivity index (χ0v) is 24.1. The lowest BCUT2D eigenvalue weighted by Gasteiger charge is -2.51. The van der Waals surface area contributed by atoms with Gasteiger partial charge in [0.15, 0.2) is 0 Å². The van der Waals surface area contributed by atoms with Crippen LogP contribution in [0.2, 0.25) is 5.02 Å². The summed E-state index contributed by atoms with van der Waals surface area (Å²) in [6.07, 6.45) is -2.94. The normalized spacial score (nSPS) is 24.6. The van der Waals surface area contributed by atoms with Crippen LogP contribution in [0.3, 0.4) is 0 Å². The van der Waals surface area contributed by atoms with E-state index in [9.17, 15) is 10.2 Å². The van der Waals surface area contributed by atoms with Gasteiger partial charge in [-0.3, -0.25) is 0 Å². The van der Waals surface area contributed by atoms with Gasteiger partial charge in [0.2, 0.25) is 0 Å². The maximum atomic E-state index is 11.4. The first kappa shape index (κ1) is 28.4. The number of nitrogens with one attached hydrogen (secondary N) is 1. The number of benzene rings is 3. The molecule has 2 aliphatic heterocycles. The van der Waals surface area contributed by atoms with Crippen LogP contribution in [0.25, 0.3) is 0 Å². The molecule has 0 radical (unpaired) electrons. The summed E-state index contributed by atoms with van der Waals surface area (Å²) in [6.45, 7) is 8.23. The van der Waals surface area contributed by atoms with Gasteiger partial charge in [0.1, 0.15) is 18.4 Å². The van der Waals surface area contributed by atoms with Crippen LogP contribution in [-0.4, -0.2) is 77.6 Å². The molecule has 2 heterocycles. The summed E-state index contributed by atoms with van der Waals surface area (Å²) >= 11 is 7.99. The van der Waals surface area contributed by atoms with Crippen LogP contribution in [-0.2, 0) is 4.74 Å². The lowest BCUT2D eigenvalue weighted by atomic mass is 9.96. The number of aliphatic hydroxyl groups is 2. The summed E-state index contributed by atoms with van der Waals surface area (Å²) < 4.78 is 6.68. The summed E-state index contributed by atoms with van der Waals surface area (Å²) in [5.74, 6) is 0. The van der Waals surface area contributed by atoms with Gasteiger partial charge in [-0.15, -0.1) is 11.8 Å². The molecule has 1 fully saturated rings. The minimum Gasteiger partial charge on any atom is -0.389 e. The monoisotopic (exact) mass is 567 g/mol. The molecule has 5 rings (SSSR count). The smallest absolute Gasteiger partial charge is 0.145 e. The van der Waals surface area contributed by atoms with Crippen LogP contribution in [0.1, 0.15) is 31.0 Å². The fourth-order valence-electron chi connectivity index (χ4n) is 5.56. The summed E-state index contributed by atoms with van der Waals surface area (Å²) in [5, 5.41) is 26.6. The van der Waals surface area contributed by atoms with Crippen molar-refractivity contribution in [2.24, 2.45) is 0 Å². The number of hydrogen-bond donors (Lipinski definition) is 3. The zero-order valence-electron chi connectivity index (χ0n) is 22.5. The molecule has 2 aliphatic rings. The van der Waals surface area contributed by atoms with Gasteiger partial charge in [-0.25, -0.2) is 0 Å². The molecule has 208 valence electrons. The van der Waals surface area contributed by atoms with E-state index in [4.69, 9.17) is 16.3 Å². The molecular formula is C31H38ClN3O3S. The first-order chi connectivity index (χ1) is 19.0. The van der Waals surface area contributed by atoms with E-state index in [1.54, 1.807) is 11.8 Å². The molecule has 0 saturated carbocycles. The van der Waals surface area contributed by atoms with Crippen molar-refractivity contribution in [2.45, 2.75) is 54.6 Å². The number of thioether (sulfide) groups is 1. The van der Waals surface area contributed by atoms with Crippen molar-refractivity contribution in [3.05, 3.63) is 95.0 Å². The summed E-state index contributed by atoms with van der Waals surface area (Å²) in [4.78, 5) is 5.65. The van der Waals surface area contributed by atoms with Gasteiger partial charge in [-0.05, 0) is 42.4 Å². The highest BCUT2D eigenvalue weighted by atomic mass is 35.5. The van der Waals surface area contributed by atoms with E-state index in [0.29, 0.717) is 11.6 Å². The number of anilines is 1. The highest BCUT2D eigenvalue weighted by molar-refractivity contribution is 8.00. The van der Waals surface area contributed by atoms with Crippen LogP contribution >= 0.6 is 23.4 Å². The van der Waals surface area contributed by atoms with Crippen molar-refractivity contribution >= 4 is 29.1 Å². The Balaban J connectivity index is 1.39. The Morgan fingerprint density at radius 2 is 1.59 bits per heavy atom. The zero-order chi connectivity index (χ0) is 27.4. The maximum absolute atomic E-state index is 11.4. The summed E-state index contributed by atoms with van der Waals surface area (Å²) in [6, 6.07) is 26.3. The Hall–Kier alpha value is -2.10. The van der Waals surface area contributed by atoms with Crippen molar-refractivity contribution in [1.82, 2.24) is 10.2 Å². The number of aliphatic hydroxyl groups excluding tert-OH is 2. The largest absolute Gasteiger partial charge is 0.389 e. The van der Waals surface area contributed by atoms with Crippen molar-refractivity contribution in [3.63, 3.8) is 0 Å². The molecule has 0 aromatic heterocycles. The molecule has 3 N–H and O–H groups in total. The number of fused-ring (bicyclic) bond motifs is 2. The van der Waals surface area contributed by atoms with Crippen molar-refractivity contribution in [3.8, 4) is 0 Å². The molecule has 3 aromatic rings. The van der Waals surface area contributed by atoms with Gasteiger partial charge < -0.3 is 30.1 Å². The number of rotatable bonds is 10. The van der Waals surface area contributed by atoms with Crippen molar-refractivity contribution < 1.29 is 14.9 Å². The molecule has 0 bridgehead atoms. The fraction of sp³-hybridized carbons (Fsp3) is 0.419. The third kappa shape index (κ3) is 6.30. The third-order valence-corrected chi connectivity index (χ3v) is 9.42. The minimum absolute atomic E-state index is 0.0721. The van der Waals surface area contributed by atoms with Crippen LogP contribution in [0.4, 0.5) is 5.69 Å². The molecule has 1 saturated heterocycles. The number of halogens is 1. The highest BCUT2D eigenvalue weighted by Gasteiger charge is 2.49. The number of hydrogen-bond acceptors (Lipinski definition) is 7. The van der Waals surface area contributed by atoms with Crippen LogP contribution in [0.15, 0.2) is 83.8 Å². The highest BCUT2D eigenvalue weighted by Crippen LogP contribution is 2.47. The second kappa shape index (κ2) is 13.0. The first-order valence-electron chi connectivity index (χ1n) is 13.8. The number of ether oxygens (including phenoxy) is 1. The topological polar surface area (TPSA) is 68.2 Å².